The lowest BCUT2D eigenvalue weighted by molar-refractivity contribution is 0.449. The van der Waals surface area contributed by atoms with Crippen LogP contribution in [0.25, 0.3) is 0 Å². The van der Waals surface area contributed by atoms with Crippen LogP contribution in [-0.4, -0.2) is 10.1 Å². The highest BCUT2D eigenvalue weighted by Crippen LogP contribution is 2.19. The number of thiocarbonyl (C=S) groups is 1. The van der Waals surface area contributed by atoms with Crippen LogP contribution in [-0.2, 0) is 0 Å². The highest BCUT2D eigenvalue weighted by atomic mass is 32.1. The standard InChI is InChI=1S/C12H8F3N3S/c13-7-4-5-8(11(15)10(7)14)17-12(19)18-9-3-1-2-6-16-9/h1-6H,(H2,16,17,18,19). The fourth-order valence-corrected chi connectivity index (χ4v) is 1.54. The van der Waals surface area contributed by atoms with Gasteiger partial charge in [0.1, 0.15) is 5.82 Å². The molecule has 2 N–H and O–H groups in total. The topological polar surface area (TPSA) is 37.0 Å². The number of hydrogen-bond acceptors (Lipinski definition) is 2. The van der Waals surface area contributed by atoms with E-state index in [1.165, 1.54) is 0 Å². The van der Waals surface area contributed by atoms with Gasteiger partial charge in [0.25, 0.3) is 0 Å². The van der Waals surface area contributed by atoms with E-state index in [0.29, 0.717) is 5.82 Å². The molecule has 0 fully saturated rings. The Balaban J connectivity index is 2.10. The fourth-order valence-electron chi connectivity index (χ4n) is 1.33. The first-order valence-corrected chi connectivity index (χ1v) is 5.61. The monoisotopic (exact) mass is 283 g/mol. The van der Waals surface area contributed by atoms with Crippen LogP contribution in [0.15, 0.2) is 36.5 Å². The number of rotatable bonds is 2. The SMILES string of the molecule is Fc1ccc(NC(=S)Nc2ccccn2)c(F)c1F. The molecule has 0 aliphatic heterocycles. The third-order valence-electron chi connectivity index (χ3n) is 2.19. The first-order chi connectivity index (χ1) is 9.08. The van der Waals surface area contributed by atoms with Crippen molar-refractivity contribution in [3.8, 4) is 0 Å². The summed E-state index contributed by atoms with van der Waals surface area (Å²) in [6.45, 7) is 0. The maximum absolute atomic E-state index is 13.4. The molecular formula is C12H8F3N3S. The summed E-state index contributed by atoms with van der Waals surface area (Å²) < 4.78 is 39.1. The quantitative estimate of drug-likeness (QED) is 0.655. The molecule has 1 aromatic heterocycles. The van der Waals surface area contributed by atoms with Crippen molar-refractivity contribution >= 4 is 28.8 Å². The van der Waals surface area contributed by atoms with Crippen molar-refractivity contribution in [2.75, 3.05) is 10.6 Å². The number of nitrogens with one attached hydrogen (secondary N) is 2. The maximum atomic E-state index is 13.4. The summed E-state index contributed by atoms with van der Waals surface area (Å²) in [5, 5.41) is 5.12. The van der Waals surface area contributed by atoms with Crippen molar-refractivity contribution < 1.29 is 13.2 Å². The zero-order valence-corrected chi connectivity index (χ0v) is 10.3. The molecule has 0 spiro atoms. The summed E-state index contributed by atoms with van der Waals surface area (Å²) in [6, 6.07) is 6.96. The second kappa shape index (κ2) is 5.66. The minimum absolute atomic E-state index is 0.0172. The molecule has 0 bridgehead atoms. The van der Waals surface area contributed by atoms with Crippen LogP contribution < -0.4 is 10.6 Å². The Morgan fingerprint density at radius 1 is 1.00 bits per heavy atom. The van der Waals surface area contributed by atoms with E-state index >= 15 is 0 Å². The number of benzene rings is 1. The Bertz CT molecular complexity index is 605. The van der Waals surface area contributed by atoms with Gasteiger partial charge in [-0.3, -0.25) is 0 Å². The summed E-state index contributed by atoms with van der Waals surface area (Å²) in [7, 11) is 0. The van der Waals surface area contributed by atoms with Gasteiger partial charge in [0, 0.05) is 6.20 Å². The number of halogens is 3. The molecule has 2 rings (SSSR count). The fraction of sp³-hybridized carbons (Fsp3) is 0. The summed E-state index contributed by atoms with van der Waals surface area (Å²) >= 11 is 4.91. The Labute approximate surface area is 112 Å². The van der Waals surface area contributed by atoms with E-state index in [2.05, 4.69) is 15.6 Å². The molecular weight excluding hydrogens is 275 g/mol. The number of pyridine rings is 1. The molecule has 0 aliphatic rings. The smallest absolute Gasteiger partial charge is 0.196 e. The van der Waals surface area contributed by atoms with E-state index in [0.717, 1.165) is 12.1 Å². The third-order valence-corrected chi connectivity index (χ3v) is 2.39. The van der Waals surface area contributed by atoms with E-state index in [-0.39, 0.29) is 10.8 Å². The molecule has 0 aliphatic carbocycles. The van der Waals surface area contributed by atoms with Crippen LogP contribution in [0.2, 0.25) is 0 Å². The molecule has 0 radical (unpaired) electrons. The third kappa shape index (κ3) is 3.19. The van der Waals surface area contributed by atoms with Gasteiger partial charge < -0.3 is 10.6 Å². The van der Waals surface area contributed by atoms with Gasteiger partial charge in [-0.15, -0.1) is 0 Å². The van der Waals surface area contributed by atoms with E-state index in [1.54, 1.807) is 24.4 Å². The van der Waals surface area contributed by atoms with Gasteiger partial charge in [-0.1, -0.05) is 6.07 Å². The highest BCUT2D eigenvalue weighted by molar-refractivity contribution is 7.80. The van der Waals surface area contributed by atoms with Gasteiger partial charge in [-0.05, 0) is 36.5 Å². The Kier molecular flexibility index (Phi) is 3.96. The van der Waals surface area contributed by atoms with E-state index in [4.69, 9.17) is 12.2 Å². The summed E-state index contributed by atoms with van der Waals surface area (Å²) in [5.74, 6) is -3.69. The minimum Gasteiger partial charge on any atom is -0.330 e. The predicted octanol–water partition coefficient (Wildman–Crippen LogP) is 3.31. The van der Waals surface area contributed by atoms with Crippen molar-refractivity contribution in [1.82, 2.24) is 4.98 Å². The first kappa shape index (κ1) is 13.3. The highest BCUT2D eigenvalue weighted by Gasteiger charge is 2.14. The zero-order chi connectivity index (χ0) is 13.8. The molecule has 3 nitrogen and oxygen atoms in total. The van der Waals surface area contributed by atoms with E-state index in [9.17, 15) is 13.2 Å². The van der Waals surface area contributed by atoms with Gasteiger partial charge in [0.2, 0.25) is 0 Å². The average molecular weight is 283 g/mol. The lowest BCUT2D eigenvalue weighted by atomic mass is 10.3. The van der Waals surface area contributed by atoms with Crippen molar-refractivity contribution in [3.63, 3.8) is 0 Å². The van der Waals surface area contributed by atoms with Crippen molar-refractivity contribution in [2.24, 2.45) is 0 Å². The van der Waals surface area contributed by atoms with E-state index in [1.807, 2.05) is 0 Å². The van der Waals surface area contributed by atoms with Gasteiger partial charge >= 0.3 is 0 Å². The molecule has 0 atom stereocenters. The van der Waals surface area contributed by atoms with Crippen molar-refractivity contribution in [3.05, 3.63) is 54.0 Å². The molecule has 0 saturated heterocycles. The van der Waals surface area contributed by atoms with Crippen LogP contribution in [0.1, 0.15) is 0 Å². The normalized spacial score (nSPS) is 10.1. The van der Waals surface area contributed by atoms with Gasteiger partial charge in [0.05, 0.1) is 5.69 Å². The van der Waals surface area contributed by atoms with E-state index < -0.39 is 17.5 Å². The Morgan fingerprint density at radius 2 is 1.79 bits per heavy atom. The lowest BCUT2D eigenvalue weighted by Crippen LogP contribution is -2.20. The molecule has 0 saturated carbocycles. The minimum atomic E-state index is -1.55. The van der Waals surface area contributed by atoms with Crippen LogP contribution in [0.5, 0.6) is 0 Å². The van der Waals surface area contributed by atoms with Gasteiger partial charge in [-0.25, -0.2) is 18.2 Å². The average Bonchev–Trinajstić information content (AvgIpc) is 2.41. The van der Waals surface area contributed by atoms with Crippen LogP contribution in [0.3, 0.4) is 0 Å². The molecule has 98 valence electrons. The van der Waals surface area contributed by atoms with Crippen LogP contribution >= 0.6 is 12.2 Å². The Morgan fingerprint density at radius 3 is 2.47 bits per heavy atom. The molecule has 1 heterocycles. The lowest BCUT2D eigenvalue weighted by Gasteiger charge is -2.10. The second-order valence-electron chi connectivity index (χ2n) is 3.52. The molecule has 19 heavy (non-hydrogen) atoms. The number of nitrogens with zero attached hydrogens (tertiary/aromatic N) is 1. The van der Waals surface area contributed by atoms with Crippen LogP contribution in [0, 0.1) is 17.5 Å². The number of anilines is 2. The van der Waals surface area contributed by atoms with Gasteiger partial charge in [0.15, 0.2) is 22.6 Å². The summed E-state index contributed by atoms with van der Waals surface area (Å²) in [5.41, 5.74) is -0.257. The zero-order valence-electron chi connectivity index (χ0n) is 9.45. The Hall–Kier alpha value is -2.15. The molecule has 1 aromatic carbocycles. The molecule has 2 aromatic rings. The number of aromatic nitrogens is 1. The predicted molar refractivity (Wildman–Crippen MR) is 70.4 cm³/mol. The summed E-state index contributed by atoms with van der Waals surface area (Å²) in [4.78, 5) is 3.95. The van der Waals surface area contributed by atoms with Gasteiger partial charge in [-0.2, -0.15) is 0 Å². The van der Waals surface area contributed by atoms with Crippen LogP contribution in [0.4, 0.5) is 24.7 Å². The molecule has 0 amide bonds. The summed E-state index contributed by atoms with van der Waals surface area (Å²) in [6.07, 6.45) is 1.54. The molecule has 7 heteroatoms. The largest absolute Gasteiger partial charge is 0.330 e. The first-order valence-electron chi connectivity index (χ1n) is 5.20. The van der Waals surface area contributed by atoms with Crippen molar-refractivity contribution in [1.29, 1.82) is 0 Å². The second-order valence-corrected chi connectivity index (χ2v) is 3.93. The molecule has 0 unspecified atom stereocenters. The van der Waals surface area contributed by atoms with Crippen molar-refractivity contribution in [2.45, 2.75) is 0 Å². The number of hydrogen-bond donors (Lipinski definition) is 2. The maximum Gasteiger partial charge on any atom is 0.196 e.